The van der Waals surface area contributed by atoms with Gasteiger partial charge in [-0.1, -0.05) is 53.2 Å². The average molecular weight is 1140 g/mol. The van der Waals surface area contributed by atoms with Gasteiger partial charge in [-0.2, -0.15) is 0 Å². The van der Waals surface area contributed by atoms with Crippen LogP contribution in [-0.2, 0) is 42.7 Å². The van der Waals surface area contributed by atoms with Crippen LogP contribution in [0.1, 0.15) is 99.3 Å². The van der Waals surface area contributed by atoms with Crippen LogP contribution in [0.3, 0.4) is 0 Å². The quantitative estimate of drug-likeness (QED) is 0.0474. The van der Waals surface area contributed by atoms with Crippen LogP contribution in [0.5, 0.6) is 0 Å². The minimum atomic E-state index is -2.05. The lowest BCUT2D eigenvalue weighted by Gasteiger charge is -2.72. The van der Waals surface area contributed by atoms with Crippen molar-refractivity contribution in [3.05, 3.63) is 11.6 Å². The first-order valence-corrected chi connectivity index (χ1v) is 28.1. The number of esters is 1. The first kappa shape index (κ1) is 61.8. The molecule has 5 aliphatic carbocycles. The minimum absolute atomic E-state index is 0.0703. The standard InChI is InChI=1S/C54H88O25/c1-49(2)11-13-54(48(71)79-45-38(68)36(66)32(62)26(18-56)73-45)14-12-52(5)22(23(54)15-49)7-8-30-50(3)16-24(60)43(51(4,21-59)29(50)9-10-53(30,52)6)78-47-40(70)42(34(64)28(20-58)75-47)77-46-39(69)41(33(63)27(19-57)74-46)76-44-37(67)35(65)31(61)25(17-55)72-44/h7,23-47,55-70H,8-21H2,1-6H3. The third kappa shape index (κ3) is 9.99. The van der Waals surface area contributed by atoms with E-state index >= 15 is 0 Å². The van der Waals surface area contributed by atoms with Gasteiger partial charge in [0.2, 0.25) is 6.29 Å². The van der Waals surface area contributed by atoms with Crippen molar-refractivity contribution in [2.24, 2.45) is 50.2 Å². The van der Waals surface area contributed by atoms with E-state index in [9.17, 15) is 86.5 Å². The van der Waals surface area contributed by atoms with Gasteiger partial charge in [0.15, 0.2) is 18.9 Å². The predicted molar refractivity (Wildman–Crippen MR) is 266 cm³/mol. The van der Waals surface area contributed by atoms with E-state index in [0.29, 0.717) is 44.9 Å². The molecule has 0 aromatic carbocycles. The van der Waals surface area contributed by atoms with Crippen LogP contribution in [-0.4, -0.2) is 256 Å². The molecule has 9 rings (SSSR count). The Bertz CT molecular complexity index is 2170. The molecule has 0 aromatic rings. The van der Waals surface area contributed by atoms with Crippen molar-refractivity contribution < 1.29 is 124 Å². The van der Waals surface area contributed by atoms with Gasteiger partial charge in [-0.25, -0.2) is 0 Å². The molecule has 9 aliphatic rings. The fraction of sp³-hybridized carbons (Fsp3) is 0.944. The molecule has 25 heteroatoms. The van der Waals surface area contributed by atoms with Crippen LogP contribution in [0.2, 0.25) is 0 Å². The van der Waals surface area contributed by atoms with Gasteiger partial charge in [0.25, 0.3) is 0 Å². The molecule has 25 nitrogen and oxygen atoms in total. The summed E-state index contributed by atoms with van der Waals surface area (Å²) in [6.45, 7) is 9.14. The number of carbonyl (C=O) groups excluding carboxylic acids is 1. The predicted octanol–water partition coefficient (Wildman–Crippen LogP) is -4.09. The van der Waals surface area contributed by atoms with Gasteiger partial charge in [0.05, 0.1) is 50.7 Å². The number of rotatable bonds is 13. The Morgan fingerprint density at radius 3 is 1.52 bits per heavy atom. The smallest absolute Gasteiger partial charge is 0.315 e. The molecule has 4 heterocycles. The van der Waals surface area contributed by atoms with Gasteiger partial charge in [0, 0.05) is 5.41 Å². The molecule has 454 valence electrons. The fourth-order valence-electron chi connectivity index (χ4n) is 16.7. The highest BCUT2D eigenvalue weighted by Gasteiger charge is 2.72. The molecule has 16 N–H and O–H groups in total. The number of carbonyl (C=O) groups is 1. The number of aliphatic hydroxyl groups is 16. The van der Waals surface area contributed by atoms with Crippen molar-refractivity contribution >= 4 is 5.97 Å². The Hall–Kier alpha value is -1.71. The van der Waals surface area contributed by atoms with E-state index < -0.39 is 201 Å². The van der Waals surface area contributed by atoms with Gasteiger partial charge < -0.3 is 120 Å². The Kier molecular flexibility index (Phi) is 17.7. The van der Waals surface area contributed by atoms with E-state index in [-0.39, 0.29) is 29.6 Å². The van der Waals surface area contributed by atoms with Crippen LogP contribution in [0.4, 0.5) is 0 Å². The molecule has 4 aliphatic heterocycles. The van der Waals surface area contributed by atoms with Crippen molar-refractivity contribution in [3.63, 3.8) is 0 Å². The van der Waals surface area contributed by atoms with Crippen LogP contribution in [0.25, 0.3) is 0 Å². The summed E-state index contributed by atoms with van der Waals surface area (Å²) < 4.78 is 47.0. The topological polar surface area (TPSA) is 415 Å². The number of aliphatic hydroxyl groups excluding tert-OH is 16. The van der Waals surface area contributed by atoms with Crippen molar-refractivity contribution in [3.8, 4) is 0 Å². The summed E-state index contributed by atoms with van der Waals surface area (Å²) in [6.07, 6.45) is -30.4. The van der Waals surface area contributed by atoms with Crippen LogP contribution in [0.15, 0.2) is 11.6 Å². The van der Waals surface area contributed by atoms with E-state index in [0.717, 1.165) is 12.0 Å². The van der Waals surface area contributed by atoms with E-state index in [1.807, 2.05) is 0 Å². The van der Waals surface area contributed by atoms with Crippen LogP contribution < -0.4 is 0 Å². The summed E-state index contributed by atoms with van der Waals surface area (Å²) in [6, 6.07) is 0. The molecular weight excluding hydrogens is 1050 g/mol. The highest BCUT2D eigenvalue weighted by atomic mass is 16.8. The van der Waals surface area contributed by atoms with Crippen molar-refractivity contribution in [1.82, 2.24) is 0 Å². The van der Waals surface area contributed by atoms with E-state index in [1.54, 1.807) is 6.92 Å². The maximum atomic E-state index is 14.8. The molecule has 30 unspecified atom stereocenters. The normalized spacial score (nSPS) is 54.6. The second-order valence-corrected chi connectivity index (χ2v) is 26.3. The summed E-state index contributed by atoms with van der Waals surface area (Å²) in [5, 5.41) is 174. The SMILES string of the molecule is CC1(C)CCC2(C(=O)OC3OC(CO)C(O)C(O)C3O)CCC3(C)C(=CCC4C5(C)CC(O)C(OC6OC(CO)C(O)C(OC7OC(CO)C(O)C(OC8OC(CO)C(O)C(O)C8O)C7O)C6O)C(C)(CO)C5CCC43C)C2C1. The summed E-state index contributed by atoms with van der Waals surface area (Å²) in [7, 11) is 0. The Labute approximate surface area is 458 Å². The zero-order valence-corrected chi connectivity index (χ0v) is 45.7. The van der Waals surface area contributed by atoms with Crippen LogP contribution in [0, 0.1) is 50.2 Å². The summed E-state index contributed by atoms with van der Waals surface area (Å²) >= 11 is 0. The summed E-state index contributed by atoms with van der Waals surface area (Å²) in [5.74, 6) is -1.22. The fourth-order valence-corrected chi connectivity index (χ4v) is 16.7. The molecule has 0 bridgehead atoms. The molecule has 4 saturated heterocycles. The molecule has 79 heavy (non-hydrogen) atoms. The molecule has 0 aromatic heterocycles. The second-order valence-electron chi connectivity index (χ2n) is 26.3. The van der Waals surface area contributed by atoms with E-state index in [4.69, 9.17) is 37.9 Å². The van der Waals surface area contributed by atoms with Gasteiger partial charge >= 0.3 is 5.97 Å². The average Bonchev–Trinajstić information content (AvgIpc) is 3.58. The number of allylic oxidation sites excluding steroid dienone is 2. The Morgan fingerprint density at radius 2 is 1.00 bits per heavy atom. The van der Waals surface area contributed by atoms with Gasteiger partial charge in [-0.05, 0) is 97.2 Å². The van der Waals surface area contributed by atoms with E-state index in [1.165, 1.54) is 0 Å². The monoisotopic (exact) mass is 1140 g/mol. The number of ether oxygens (including phenoxy) is 8. The largest absolute Gasteiger partial charge is 0.432 e. The summed E-state index contributed by atoms with van der Waals surface area (Å²) in [4.78, 5) is 14.8. The molecule has 8 fully saturated rings. The highest BCUT2D eigenvalue weighted by Crippen LogP contribution is 2.76. The second kappa shape index (κ2) is 22.6. The van der Waals surface area contributed by atoms with Crippen LogP contribution >= 0.6 is 0 Å². The van der Waals surface area contributed by atoms with E-state index in [2.05, 4.69) is 40.7 Å². The highest BCUT2D eigenvalue weighted by molar-refractivity contribution is 5.79. The Morgan fingerprint density at radius 1 is 0.532 bits per heavy atom. The van der Waals surface area contributed by atoms with Crippen molar-refractivity contribution in [2.45, 2.75) is 234 Å². The molecule has 4 saturated carbocycles. The van der Waals surface area contributed by atoms with Crippen molar-refractivity contribution in [2.75, 3.05) is 33.0 Å². The number of hydrogen-bond acceptors (Lipinski definition) is 25. The van der Waals surface area contributed by atoms with Crippen molar-refractivity contribution in [1.29, 1.82) is 0 Å². The third-order valence-corrected chi connectivity index (χ3v) is 21.5. The first-order chi connectivity index (χ1) is 37.1. The lowest BCUT2D eigenvalue weighted by molar-refractivity contribution is -0.388. The minimum Gasteiger partial charge on any atom is -0.432 e. The van der Waals surface area contributed by atoms with Gasteiger partial charge in [-0.3, -0.25) is 4.79 Å². The molecular formula is C54H88O25. The maximum Gasteiger partial charge on any atom is 0.315 e. The summed E-state index contributed by atoms with van der Waals surface area (Å²) in [5.41, 5.74) is -2.75. The molecule has 0 spiro atoms. The Balaban J connectivity index is 0.946. The van der Waals surface area contributed by atoms with Gasteiger partial charge in [0.1, 0.15) is 97.7 Å². The lowest BCUT2D eigenvalue weighted by Crippen LogP contribution is -2.70. The third-order valence-electron chi connectivity index (χ3n) is 21.5. The molecule has 30 atom stereocenters. The lowest BCUT2D eigenvalue weighted by atomic mass is 9.33. The number of hydrogen-bond donors (Lipinski definition) is 16. The first-order valence-electron chi connectivity index (χ1n) is 28.1. The molecule has 0 amide bonds. The molecule has 0 radical (unpaired) electrons. The number of fused-ring (bicyclic) bond motifs is 7. The maximum absolute atomic E-state index is 14.8. The zero-order chi connectivity index (χ0) is 57.9. The zero-order valence-electron chi connectivity index (χ0n) is 45.7. The van der Waals surface area contributed by atoms with Gasteiger partial charge in [-0.15, -0.1) is 0 Å².